The molecule has 1 aliphatic rings. The molecule has 1 aromatic rings. The lowest BCUT2D eigenvalue weighted by atomic mass is 10.2. The van der Waals surface area contributed by atoms with Gasteiger partial charge in [0, 0.05) is 13.6 Å². The van der Waals surface area contributed by atoms with Gasteiger partial charge in [-0.3, -0.25) is 0 Å². The van der Waals surface area contributed by atoms with E-state index < -0.39 is 22.6 Å². The third kappa shape index (κ3) is 4.78. The molecule has 0 aliphatic carbocycles. The molecular formula is C15H19NO6S. The van der Waals surface area contributed by atoms with Gasteiger partial charge in [0.15, 0.2) is 6.61 Å². The van der Waals surface area contributed by atoms with Crippen LogP contribution in [0.15, 0.2) is 40.8 Å². The van der Waals surface area contributed by atoms with Gasteiger partial charge >= 0.3 is 5.97 Å². The third-order valence-corrected chi connectivity index (χ3v) is 5.12. The van der Waals surface area contributed by atoms with Gasteiger partial charge in [0.05, 0.1) is 18.1 Å². The number of sulfonamides is 1. The molecule has 23 heavy (non-hydrogen) atoms. The minimum Gasteiger partial charge on any atom is -0.482 e. The maximum atomic E-state index is 12.5. The van der Waals surface area contributed by atoms with Gasteiger partial charge in [-0.15, -0.1) is 0 Å². The van der Waals surface area contributed by atoms with Crippen LogP contribution in [0.4, 0.5) is 0 Å². The Labute approximate surface area is 135 Å². The van der Waals surface area contributed by atoms with E-state index in [0.717, 1.165) is 12.0 Å². The number of hydrogen-bond donors (Lipinski definition) is 1. The molecule has 0 saturated carbocycles. The summed E-state index contributed by atoms with van der Waals surface area (Å²) < 4.78 is 36.6. The van der Waals surface area contributed by atoms with Crippen molar-refractivity contribution < 1.29 is 27.8 Å². The van der Waals surface area contributed by atoms with Crippen molar-refractivity contribution in [2.24, 2.45) is 0 Å². The molecular weight excluding hydrogens is 322 g/mol. The summed E-state index contributed by atoms with van der Waals surface area (Å²) >= 11 is 0. The molecule has 0 aromatic heterocycles. The van der Waals surface area contributed by atoms with Gasteiger partial charge in [0.2, 0.25) is 10.0 Å². The number of hydrogen-bond acceptors (Lipinski definition) is 5. The average molecular weight is 341 g/mol. The fraction of sp³-hybridized carbons (Fsp3) is 0.400. The molecule has 126 valence electrons. The SMILES string of the molecule is CN(CC1=CCCOC1)S(=O)(=O)c1ccc(OCC(=O)O)cc1. The standard InChI is InChI=1S/C15H19NO6S/c1-16(9-12-3-2-8-21-10-12)23(19,20)14-6-4-13(5-7-14)22-11-15(17)18/h3-7H,2,8-11H2,1H3,(H,17,18). The number of ether oxygens (including phenoxy) is 2. The lowest BCUT2D eigenvalue weighted by molar-refractivity contribution is -0.139. The number of carboxylic acid groups (broad SMARTS) is 1. The number of benzene rings is 1. The highest BCUT2D eigenvalue weighted by Gasteiger charge is 2.22. The van der Waals surface area contributed by atoms with Crippen molar-refractivity contribution in [2.45, 2.75) is 11.3 Å². The van der Waals surface area contributed by atoms with Gasteiger partial charge < -0.3 is 14.6 Å². The number of likely N-dealkylation sites (N-methyl/N-ethyl adjacent to an activating group) is 1. The second kappa shape index (κ2) is 7.58. The third-order valence-electron chi connectivity index (χ3n) is 3.30. The molecule has 0 fully saturated rings. The maximum absolute atomic E-state index is 12.5. The molecule has 2 rings (SSSR count). The number of carbonyl (C=O) groups is 1. The van der Waals surface area contributed by atoms with Crippen molar-refractivity contribution >= 4 is 16.0 Å². The summed E-state index contributed by atoms with van der Waals surface area (Å²) in [5.41, 5.74) is 0.934. The van der Waals surface area contributed by atoms with E-state index in [1.165, 1.54) is 35.6 Å². The molecule has 1 aromatic carbocycles. The van der Waals surface area contributed by atoms with Crippen LogP contribution >= 0.6 is 0 Å². The highest BCUT2D eigenvalue weighted by molar-refractivity contribution is 7.89. The van der Waals surface area contributed by atoms with Crippen LogP contribution in [0.3, 0.4) is 0 Å². The average Bonchev–Trinajstić information content (AvgIpc) is 2.54. The molecule has 1 N–H and O–H groups in total. The molecule has 0 amide bonds. The van der Waals surface area contributed by atoms with E-state index in [-0.39, 0.29) is 11.4 Å². The molecule has 0 atom stereocenters. The Kier molecular flexibility index (Phi) is 5.75. The van der Waals surface area contributed by atoms with Crippen LogP contribution in [-0.4, -0.2) is 57.2 Å². The molecule has 0 spiro atoms. The van der Waals surface area contributed by atoms with E-state index in [2.05, 4.69) is 0 Å². The van der Waals surface area contributed by atoms with Crippen LogP contribution in [-0.2, 0) is 19.6 Å². The summed E-state index contributed by atoms with van der Waals surface area (Å²) in [6.45, 7) is 0.916. The predicted octanol–water partition coefficient (Wildman–Crippen LogP) is 1.12. The molecule has 1 heterocycles. The Hall–Kier alpha value is -1.90. The molecule has 1 aliphatic heterocycles. The van der Waals surface area contributed by atoms with Gasteiger partial charge in [-0.2, -0.15) is 4.31 Å². The molecule has 7 nitrogen and oxygen atoms in total. The zero-order valence-electron chi connectivity index (χ0n) is 12.8. The smallest absolute Gasteiger partial charge is 0.341 e. The van der Waals surface area contributed by atoms with E-state index in [9.17, 15) is 13.2 Å². The largest absolute Gasteiger partial charge is 0.482 e. The minimum atomic E-state index is -3.62. The topological polar surface area (TPSA) is 93.1 Å². The number of rotatable bonds is 7. The highest BCUT2D eigenvalue weighted by Crippen LogP contribution is 2.20. The molecule has 0 bridgehead atoms. The fourth-order valence-corrected chi connectivity index (χ4v) is 3.30. The Bertz CT molecular complexity index is 680. The van der Waals surface area contributed by atoms with E-state index >= 15 is 0 Å². The van der Waals surface area contributed by atoms with Crippen molar-refractivity contribution in [1.29, 1.82) is 0 Å². The van der Waals surface area contributed by atoms with Crippen molar-refractivity contribution in [3.63, 3.8) is 0 Å². The Morgan fingerprint density at radius 1 is 1.35 bits per heavy atom. The predicted molar refractivity (Wildman–Crippen MR) is 82.9 cm³/mol. The minimum absolute atomic E-state index is 0.125. The second-order valence-electron chi connectivity index (χ2n) is 5.12. The van der Waals surface area contributed by atoms with Gasteiger partial charge in [0.1, 0.15) is 5.75 Å². The van der Waals surface area contributed by atoms with E-state index in [1.54, 1.807) is 0 Å². The van der Waals surface area contributed by atoms with Gasteiger partial charge in [-0.1, -0.05) is 6.08 Å². The molecule has 0 unspecified atom stereocenters. The molecule has 0 saturated heterocycles. The van der Waals surface area contributed by atoms with Crippen LogP contribution in [0.5, 0.6) is 5.75 Å². The van der Waals surface area contributed by atoms with Crippen molar-refractivity contribution in [1.82, 2.24) is 4.31 Å². The first kappa shape index (κ1) is 17.5. The summed E-state index contributed by atoms with van der Waals surface area (Å²) in [4.78, 5) is 10.6. The van der Waals surface area contributed by atoms with Crippen LogP contribution in [0.2, 0.25) is 0 Å². The fourth-order valence-electron chi connectivity index (χ4n) is 2.12. The Balaban J connectivity index is 2.05. The molecule has 0 radical (unpaired) electrons. The molecule has 8 heteroatoms. The van der Waals surface area contributed by atoms with Gasteiger partial charge in [-0.25, -0.2) is 13.2 Å². The van der Waals surface area contributed by atoms with Crippen LogP contribution < -0.4 is 4.74 Å². The van der Waals surface area contributed by atoms with Crippen LogP contribution in [0.1, 0.15) is 6.42 Å². The van der Waals surface area contributed by atoms with Crippen molar-refractivity contribution in [3.05, 3.63) is 35.9 Å². The van der Waals surface area contributed by atoms with Crippen molar-refractivity contribution in [3.8, 4) is 5.75 Å². The first-order chi connectivity index (χ1) is 10.9. The van der Waals surface area contributed by atoms with Crippen molar-refractivity contribution in [2.75, 3.05) is 33.4 Å². The summed E-state index contributed by atoms with van der Waals surface area (Å²) in [5, 5.41) is 8.54. The van der Waals surface area contributed by atoms with E-state index in [4.69, 9.17) is 14.6 Å². The van der Waals surface area contributed by atoms with Gasteiger partial charge in [-0.05, 0) is 36.3 Å². The first-order valence-corrected chi connectivity index (χ1v) is 8.50. The lowest BCUT2D eigenvalue weighted by Crippen LogP contribution is -2.30. The number of aliphatic carboxylic acids is 1. The van der Waals surface area contributed by atoms with Crippen LogP contribution in [0.25, 0.3) is 0 Å². The summed E-state index contributed by atoms with van der Waals surface area (Å²) in [5.74, 6) is -0.790. The van der Waals surface area contributed by atoms with Gasteiger partial charge in [0.25, 0.3) is 0 Å². The maximum Gasteiger partial charge on any atom is 0.341 e. The quantitative estimate of drug-likeness (QED) is 0.747. The Morgan fingerprint density at radius 3 is 2.61 bits per heavy atom. The van der Waals surface area contributed by atoms with Crippen LogP contribution in [0, 0.1) is 0 Å². The number of nitrogens with zero attached hydrogens (tertiary/aromatic N) is 1. The van der Waals surface area contributed by atoms with E-state index in [1.807, 2.05) is 6.08 Å². The summed E-state index contributed by atoms with van der Waals surface area (Å²) in [6.07, 6.45) is 2.79. The zero-order valence-corrected chi connectivity index (χ0v) is 13.6. The second-order valence-corrected chi connectivity index (χ2v) is 7.16. The lowest BCUT2D eigenvalue weighted by Gasteiger charge is -2.21. The number of carboxylic acids is 1. The summed E-state index contributed by atoms with van der Waals surface area (Å²) in [6, 6.07) is 5.67. The first-order valence-electron chi connectivity index (χ1n) is 7.06. The monoisotopic (exact) mass is 341 g/mol. The Morgan fingerprint density at radius 2 is 2.04 bits per heavy atom. The zero-order chi connectivity index (χ0) is 16.9. The van der Waals surface area contributed by atoms with E-state index in [0.29, 0.717) is 19.0 Å². The normalized spacial score (nSPS) is 15.3. The highest BCUT2D eigenvalue weighted by atomic mass is 32.2. The summed E-state index contributed by atoms with van der Waals surface area (Å²) in [7, 11) is -2.11.